The molecule has 5 heteroatoms. The lowest BCUT2D eigenvalue weighted by Gasteiger charge is -2.05. The standard InChI is InChI=1S/C8H7N3OS/c9-3-6(4-10)5-11-7-1-2-13-8(7)12/h5,7,11H,1-2H2. The molecule has 1 aliphatic rings. The van der Waals surface area contributed by atoms with Crippen molar-refractivity contribution in [2.75, 3.05) is 5.75 Å². The van der Waals surface area contributed by atoms with E-state index in [1.165, 1.54) is 18.0 Å². The van der Waals surface area contributed by atoms with Crippen LogP contribution in [-0.4, -0.2) is 16.9 Å². The minimum Gasteiger partial charge on any atom is -0.379 e. The fourth-order valence-electron chi connectivity index (χ4n) is 0.921. The Morgan fingerprint density at radius 2 is 2.31 bits per heavy atom. The molecule has 0 aliphatic carbocycles. The van der Waals surface area contributed by atoms with Gasteiger partial charge < -0.3 is 5.32 Å². The number of allylic oxidation sites excluding steroid dienone is 1. The van der Waals surface area contributed by atoms with E-state index in [9.17, 15) is 4.79 Å². The van der Waals surface area contributed by atoms with E-state index in [0.29, 0.717) is 0 Å². The highest BCUT2D eigenvalue weighted by atomic mass is 32.2. The topological polar surface area (TPSA) is 76.7 Å². The van der Waals surface area contributed by atoms with Gasteiger partial charge in [-0.1, -0.05) is 11.8 Å². The number of hydrogen-bond donors (Lipinski definition) is 1. The Hall–Kier alpha value is -1.46. The highest BCUT2D eigenvalue weighted by Gasteiger charge is 2.23. The molecule has 0 spiro atoms. The Bertz CT molecular complexity index is 307. The van der Waals surface area contributed by atoms with E-state index in [4.69, 9.17) is 10.5 Å². The van der Waals surface area contributed by atoms with Crippen LogP contribution in [0.3, 0.4) is 0 Å². The van der Waals surface area contributed by atoms with Crippen molar-refractivity contribution in [3.8, 4) is 12.1 Å². The zero-order valence-corrected chi connectivity index (χ0v) is 7.60. The van der Waals surface area contributed by atoms with E-state index in [0.717, 1.165) is 12.2 Å². The maximum Gasteiger partial charge on any atom is 0.211 e. The summed E-state index contributed by atoms with van der Waals surface area (Å²) in [5, 5.41) is 19.6. The van der Waals surface area contributed by atoms with E-state index < -0.39 is 0 Å². The predicted molar refractivity (Wildman–Crippen MR) is 48.3 cm³/mol. The van der Waals surface area contributed by atoms with Gasteiger partial charge in [-0.3, -0.25) is 4.79 Å². The SMILES string of the molecule is N#CC(C#N)=CNC1CCSC1=O. The van der Waals surface area contributed by atoms with Crippen LogP contribution < -0.4 is 5.32 Å². The van der Waals surface area contributed by atoms with Gasteiger partial charge in [0.1, 0.15) is 17.7 Å². The number of carbonyl (C=O) groups excluding carboxylic acids is 1. The molecule has 13 heavy (non-hydrogen) atoms. The molecule has 1 unspecified atom stereocenters. The van der Waals surface area contributed by atoms with Gasteiger partial charge in [0.2, 0.25) is 5.12 Å². The van der Waals surface area contributed by atoms with Crippen LogP contribution >= 0.6 is 11.8 Å². The number of hydrogen-bond acceptors (Lipinski definition) is 5. The first kappa shape index (κ1) is 9.63. The zero-order valence-electron chi connectivity index (χ0n) is 6.78. The molecule has 4 nitrogen and oxygen atoms in total. The summed E-state index contributed by atoms with van der Waals surface area (Å²) in [6.07, 6.45) is 2.05. The van der Waals surface area contributed by atoms with Crippen LogP contribution in [0.5, 0.6) is 0 Å². The summed E-state index contributed by atoms with van der Waals surface area (Å²) in [6.45, 7) is 0. The largest absolute Gasteiger partial charge is 0.379 e. The van der Waals surface area contributed by atoms with Crippen molar-refractivity contribution in [3.63, 3.8) is 0 Å². The van der Waals surface area contributed by atoms with Gasteiger partial charge in [-0.15, -0.1) is 0 Å². The lowest BCUT2D eigenvalue weighted by atomic mass is 10.2. The number of thioether (sulfide) groups is 1. The third-order valence-electron chi connectivity index (χ3n) is 1.61. The first-order valence-electron chi connectivity index (χ1n) is 3.71. The summed E-state index contributed by atoms with van der Waals surface area (Å²) in [5.41, 5.74) is -0.00954. The quantitative estimate of drug-likeness (QED) is 0.648. The highest BCUT2D eigenvalue weighted by molar-refractivity contribution is 8.14. The molecule has 1 atom stereocenters. The first-order chi connectivity index (χ1) is 6.27. The number of nitriles is 2. The molecular weight excluding hydrogens is 186 g/mol. The molecule has 1 fully saturated rings. The summed E-state index contributed by atoms with van der Waals surface area (Å²) in [4.78, 5) is 11.1. The Morgan fingerprint density at radius 1 is 1.62 bits per heavy atom. The molecule has 0 aromatic heterocycles. The Labute approximate surface area is 80.2 Å². The molecular formula is C8H7N3OS. The molecule has 0 aromatic rings. The van der Waals surface area contributed by atoms with Crippen LogP contribution in [0.25, 0.3) is 0 Å². The lowest BCUT2D eigenvalue weighted by Crippen LogP contribution is -2.27. The minimum atomic E-state index is -0.235. The number of nitrogens with one attached hydrogen (secondary N) is 1. The monoisotopic (exact) mass is 193 g/mol. The van der Waals surface area contributed by atoms with Crippen molar-refractivity contribution in [2.24, 2.45) is 0 Å². The second-order valence-electron chi connectivity index (χ2n) is 2.46. The van der Waals surface area contributed by atoms with Crippen LogP contribution in [0.15, 0.2) is 11.8 Å². The molecule has 0 aromatic carbocycles. The molecule has 0 bridgehead atoms. The zero-order chi connectivity index (χ0) is 9.68. The third-order valence-corrected chi connectivity index (χ3v) is 2.61. The number of rotatable bonds is 2. The summed E-state index contributed by atoms with van der Waals surface area (Å²) >= 11 is 1.28. The molecule has 1 N–H and O–H groups in total. The summed E-state index contributed by atoms with van der Waals surface area (Å²) in [6, 6.07) is 3.19. The van der Waals surface area contributed by atoms with Crippen molar-refractivity contribution in [3.05, 3.63) is 11.8 Å². The van der Waals surface area contributed by atoms with Crippen LogP contribution in [0.1, 0.15) is 6.42 Å². The first-order valence-corrected chi connectivity index (χ1v) is 4.69. The summed E-state index contributed by atoms with van der Waals surface area (Å²) in [5.74, 6) is 0.804. The van der Waals surface area contributed by atoms with Crippen molar-refractivity contribution in [1.82, 2.24) is 5.32 Å². The number of carbonyl (C=O) groups is 1. The maximum atomic E-state index is 11.1. The van der Waals surface area contributed by atoms with Gasteiger partial charge >= 0.3 is 0 Å². The number of nitrogens with zero attached hydrogens (tertiary/aromatic N) is 2. The van der Waals surface area contributed by atoms with Crippen LogP contribution in [0.2, 0.25) is 0 Å². The van der Waals surface area contributed by atoms with Crippen molar-refractivity contribution >= 4 is 16.9 Å². The second kappa shape index (κ2) is 4.54. The summed E-state index contributed by atoms with van der Waals surface area (Å²) < 4.78 is 0. The average Bonchev–Trinajstić information content (AvgIpc) is 2.54. The predicted octanol–water partition coefficient (Wildman–Crippen LogP) is 0.539. The van der Waals surface area contributed by atoms with E-state index >= 15 is 0 Å². The Morgan fingerprint density at radius 3 is 2.77 bits per heavy atom. The maximum absolute atomic E-state index is 11.1. The lowest BCUT2D eigenvalue weighted by molar-refractivity contribution is -0.112. The molecule has 1 saturated heterocycles. The summed E-state index contributed by atoms with van der Waals surface area (Å²) in [7, 11) is 0. The second-order valence-corrected chi connectivity index (χ2v) is 3.56. The van der Waals surface area contributed by atoms with Gasteiger partial charge in [-0.25, -0.2) is 0 Å². The van der Waals surface area contributed by atoms with Gasteiger partial charge in [0, 0.05) is 12.0 Å². The molecule has 0 amide bonds. The van der Waals surface area contributed by atoms with Crippen molar-refractivity contribution < 1.29 is 4.79 Å². The molecule has 66 valence electrons. The molecule has 0 radical (unpaired) electrons. The van der Waals surface area contributed by atoms with Gasteiger partial charge in [0.25, 0.3) is 0 Å². The Kier molecular flexibility index (Phi) is 3.36. The van der Waals surface area contributed by atoms with E-state index in [2.05, 4.69) is 5.32 Å². The third kappa shape index (κ3) is 2.50. The van der Waals surface area contributed by atoms with Crippen molar-refractivity contribution in [1.29, 1.82) is 10.5 Å². The van der Waals surface area contributed by atoms with Gasteiger partial charge in [0.05, 0.1) is 6.04 Å². The molecule has 0 saturated carbocycles. The normalized spacial score (nSPS) is 20.2. The molecule has 1 heterocycles. The Balaban J connectivity index is 2.52. The van der Waals surface area contributed by atoms with E-state index in [1.54, 1.807) is 12.1 Å². The van der Waals surface area contributed by atoms with E-state index in [1.807, 2.05) is 0 Å². The van der Waals surface area contributed by atoms with Gasteiger partial charge in [-0.2, -0.15) is 10.5 Å². The van der Waals surface area contributed by atoms with E-state index in [-0.39, 0.29) is 16.7 Å². The van der Waals surface area contributed by atoms with Crippen LogP contribution in [0, 0.1) is 22.7 Å². The average molecular weight is 193 g/mol. The molecule has 1 rings (SSSR count). The van der Waals surface area contributed by atoms with Crippen molar-refractivity contribution in [2.45, 2.75) is 12.5 Å². The van der Waals surface area contributed by atoms with Crippen LogP contribution in [0.4, 0.5) is 0 Å². The fraction of sp³-hybridized carbons (Fsp3) is 0.375. The minimum absolute atomic E-state index is 0.00954. The van der Waals surface area contributed by atoms with Gasteiger partial charge in [-0.05, 0) is 6.42 Å². The molecule has 1 aliphatic heterocycles. The fourth-order valence-corrected chi connectivity index (χ4v) is 1.86. The smallest absolute Gasteiger partial charge is 0.211 e. The van der Waals surface area contributed by atoms with Crippen LogP contribution in [-0.2, 0) is 4.79 Å². The highest BCUT2D eigenvalue weighted by Crippen LogP contribution is 2.19. The van der Waals surface area contributed by atoms with Gasteiger partial charge in [0.15, 0.2) is 0 Å².